The Morgan fingerprint density at radius 2 is 2.04 bits per heavy atom. The number of aromatic nitrogens is 1. The van der Waals surface area contributed by atoms with E-state index in [0.29, 0.717) is 44.9 Å². The second kappa shape index (κ2) is 9.87. The molecular formula is C17H24N2O5. The summed E-state index contributed by atoms with van der Waals surface area (Å²) in [4.78, 5) is 26.4. The topological polar surface area (TPSA) is 97.8 Å². The van der Waals surface area contributed by atoms with E-state index in [-0.39, 0.29) is 18.4 Å². The summed E-state index contributed by atoms with van der Waals surface area (Å²) in [5, 5.41) is 11.4. The highest BCUT2D eigenvalue weighted by atomic mass is 16.5. The average Bonchev–Trinajstić information content (AvgIpc) is 2.58. The molecule has 1 amide bonds. The van der Waals surface area contributed by atoms with Gasteiger partial charge in [0.25, 0.3) is 0 Å². The van der Waals surface area contributed by atoms with Gasteiger partial charge in [-0.3, -0.25) is 9.59 Å². The van der Waals surface area contributed by atoms with Crippen LogP contribution in [-0.4, -0.2) is 41.3 Å². The lowest BCUT2D eigenvalue weighted by molar-refractivity contribution is -0.137. The molecule has 1 aliphatic rings. The summed E-state index contributed by atoms with van der Waals surface area (Å²) < 4.78 is 11.1. The van der Waals surface area contributed by atoms with Gasteiger partial charge in [0.15, 0.2) is 0 Å². The highest BCUT2D eigenvalue weighted by Crippen LogP contribution is 2.16. The van der Waals surface area contributed by atoms with Gasteiger partial charge in [0.2, 0.25) is 11.8 Å². The number of rotatable bonds is 9. The first-order valence-corrected chi connectivity index (χ1v) is 8.31. The van der Waals surface area contributed by atoms with Crippen molar-refractivity contribution in [3.8, 4) is 5.88 Å². The first kappa shape index (κ1) is 18.2. The molecule has 1 aromatic rings. The van der Waals surface area contributed by atoms with Crippen LogP contribution in [0.15, 0.2) is 18.3 Å². The number of ether oxygens (including phenoxy) is 2. The molecular weight excluding hydrogens is 312 g/mol. The van der Waals surface area contributed by atoms with Gasteiger partial charge in [-0.1, -0.05) is 0 Å². The van der Waals surface area contributed by atoms with Crippen LogP contribution in [0.5, 0.6) is 5.88 Å². The molecule has 2 N–H and O–H groups in total. The van der Waals surface area contributed by atoms with E-state index in [0.717, 1.165) is 18.4 Å². The van der Waals surface area contributed by atoms with Gasteiger partial charge < -0.3 is 19.9 Å². The zero-order chi connectivity index (χ0) is 17.2. The first-order chi connectivity index (χ1) is 11.6. The third-order valence-corrected chi connectivity index (χ3v) is 3.79. The molecule has 1 fully saturated rings. The van der Waals surface area contributed by atoms with Crippen molar-refractivity contribution in [2.45, 2.75) is 51.2 Å². The summed E-state index contributed by atoms with van der Waals surface area (Å²) in [6, 6.07) is 3.67. The van der Waals surface area contributed by atoms with Gasteiger partial charge in [-0.15, -0.1) is 0 Å². The van der Waals surface area contributed by atoms with Crippen LogP contribution in [-0.2, 0) is 20.9 Å². The van der Waals surface area contributed by atoms with Crippen molar-refractivity contribution in [3.05, 3.63) is 23.9 Å². The van der Waals surface area contributed by atoms with Crippen LogP contribution in [0, 0.1) is 0 Å². The number of carbonyl (C=O) groups is 2. The quantitative estimate of drug-likeness (QED) is 0.669. The van der Waals surface area contributed by atoms with E-state index >= 15 is 0 Å². The summed E-state index contributed by atoms with van der Waals surface area (Å²) in [7, 11) is 0. The lowest BCUT2D eigenvalue weighted by Crippen LogP contribution is -2.26. The predicted molar refractivity (Wildman–Crippen MR) is 86.7 cm³/mol. The Balaban J connectivity index is 1.71. The van der Waals surface area contributed by atoms with E-state index in [2.05, 4.69) is 10.3 Å². The summed E-state index contributed by atoms with van der Waals surface area (Å²) in [6.07, 6.45) is 5.05. The average molecular weight is 336 g/mol. The van der Waals surface area contributed by atoms with E-state index in [1.807, 2.05) is 12.1 Å². The monoisotopic (exact) mass is 336 g/mol. The maximum atomic E-state index is 11.7. The third kappa shape index (κ3) is 6.95. The number of carboxylic acids is 1. The zero-order valence-corrected chi connectivity index (χ0v) is 13.7. The molecule has 0 atom stereocenters. The van der Waals surface area contributed by atoms with E-state index in [9.17, 15) is 9.59 Å². The van der Waals surface area contributed by atoms with Crippen LogP contribution in [0.1, 0.15) is 44.1 Å². The van der Waals surface area contributed by atoms with Crippen molar-refractivity contribution in [3.63, 3.8) is 0 Å². The molecule has 0 unspecified atom stereocenters. The van der Waals surface area contributed by atoms with Crippen molar-refractivity contribution >= 4 is 11.9 Å². The Hall–Kier alpha value is -2.15. The Morgan fingerprint density at radius 1 is 1.29 bits per heavy atom. The maximum absolute atomic E-state index is 11.7. The molecule has 0 aromatic carbocycles. The van der Waals surface area contributed by atoms with Gasteiger partial charge in [0.1, 0.15) is 6.10 Å². The largest absolute Gasteiger partial charge is 0.481 e. The van der Waals surface area contributed by atoms with E-state index in [1.165, 1.54) is 0 Å². The van der Waals surface area contributed by atoms with Gasteiger partial charge in [-0.25, -0.2) is 4.98 Å². The molecule has 2 heterocycles. The van der Waals surface area contributed by atoms with Gasteiger partial charge >= 0.3 is 5.97 Å². The standard InChI is InChI=1S/C17H24N2O5/c20-15(3-1-2-4-17(21)22)19-12-13-5-8-18-16(11-13)24-14-6-9-23-10-7-14/h5,8,11,14H,1-4,6-7,9-10,12H2,(H,19,20)(H,21,22). The molecule has 1 aliphatic heterocycles. The Morgan fingerprint density at radius 3 is 2.79 bits per heavy atom. The number of nitrogens with zero attached hydrogens (tertiary/aromatic N) is 1. The predicted octanol–water partition coefficient (Wildman–Crippen LogP) is 1.90. The molecule has 7 heteroatoms. The van der Waals surface area contributed by atoms with Crippen molar-refractivity contribution in [1.29, 1.82) is 0 Å². The molecule has 7 nitrogen and oxygen atoms in total. The second-order valence-electron chi connectivity index (χ2n) is 5.81. The zero-order valence-electron chi connectivity index (χ0n) is 13.7. The van der Waals surface area contributed by atoms with Gasteiger partial charge in [-0.2, -0.15) is 0 Å². The first-order valence-electron chi connectivity index (χ1n) is 8.31. The van der Waals surface area contributed by atoms with Crippen molar-refractivity contribution in [1.82, 2.24) is 10.3 Å². The fourth-order valence-electron chi connectivity index (χ4n) is 2.44. The van der Waals surface area contributed by atoms with Crippen molar-refractivity contribution in [2.75, 3.05) is 13.2 Å². The smallest absolute Gasteiger partial charge is 0.303 e. The van der Waals surface area contributed by atoms with E-state index in [1.54, 1.807) is 6.20 Å². The van der Waals surface area contributed by atoms with Gasteiger partial charge in [0, 0.05) is 44.5 Å². The Bertz CT molecular complexity index is 544. The summed E-state index contributed by atoms with van der Waals surface area (Å²) >= 11 is 0. The number of pyridine rings is 1. The van der Waals surface area contributed by atoms with E-state index < -0.39 is 5.97 Å². The van der Waals surface area contributed by atoms with Crippen molar-refractivity contribution < 1.29 is 24.2 Å². The molecule has 1 aromatic heterocycles. The highest BCUT2D eigenvalue weighted by molar-refractivity contribution is 5.75. The second-order valence-corrected chi connectivity index (χ2v) is 5.81. The van der Waals surface area contributed by atoms with E-state index in [4.69, 9.17) is 14.6 Å². The number of nitrogens with one attached hydrogen (secondary N) is 1. The third-order valence-electron chi connectivity index (χ3n) is 3.79. The number of aliphatic carboxylic acids is 1. The fraction of sp³-hybridized carbons (Fsp3) is 0.588. The van der Waals surface area contributed by atoms with Crippen LogP contribution in [0.2, 0.25) is 0 Å². The summed E-state index contributed by atoms with van der Waals surface area (Å²) in [6.45, 7) is 1.83. The lowest BCUT2D eigenvalue weighted by atomic mass is 10.1. The molecule has 24 heavy (non-hydrogen) atoms. The minimum Gasteiger partial charge on any atom is -0.481 e. The summed E-state index contributed by atoms with van der Waals surface area (Å²) in [5.74, 6) is -0.344. The molecule has 1 saturated heterocycles. The Labute approximate surface area is 141 Å². The molecule has 0 aliphatic carbocycles. The fourth-order valence-corrected chi connectivity index (χ4v) is 2.44. The molecule has 0 spiro atoms. The minimum absolute atomic E-state index is 0.0795. The number of carbonyl (C=O) groups excluding carboxylic acids is 1. The van der Waals surface area contributed by atoms with Crippen LogP contribution in [0.4, 0.5) is 0 Å². The SMILES string of the molecule is O=C(O)CCCCC(=O)NCc1ccnc(OC2CCOCC2)c1. The normalized spacial score (nSPS) is 15.0. The number of unbranched alkanes of at least 4 members (excludes halogenated alkanes) is 1. The molecule has 0 radical (unpaired) electrons. The molecule has 2 rings (SSSR count). The lowest BCUT2D eigenvalue weighted by Gasteiger charge is -2.22. The number of hydrogen-bond donors (Lipinski definition) is 2. The molecule has 132 valence electrons. The molecule has 0 saturated carbocycles. The number of carboxylic acid groups (broad SMARTS) is 1. The van der Waals surface area contributed by atoms with Gasteiger partial charge in [-0.05, 0) is 24.5 Å². The number of amides is 1. The van der Waals surface area contributed by atoms with Crippen molar-refractivity contribution in [2.24, 2.45) is 0 Å². The van der Waals surface area contributed by atoms with Crippen LogP contribution >= 0.6 is 0 Å². The van der Waals surface area contributed by atoms with Crippen LogP contribution in [0.25, 0.3) is 0 Å². The molecule has 0 bridgehead atoms. The van der Waals surface area contributed by atoms with Gasteiger partial charge in [0.05, 0.1) is 13.2 Å². The Kier molecular flexibility index (Phi) is 7.48. The summed E-state index contributed by atoms with van der Waals surface area (Å²) in [5.41, 5.74) is 0.922. The minimum atomic E-state index is -0.829. The maximum Gasteiger partial charge on any atom is 0.303 e. The number of hydrogen-bond acceptors (Lipinski definition) is 5. The highest BCUT2D eigenvalue weighted by Gasteiger charge is 2.15. The van der Waals surface area contributed by atoms with Crippen LogP contribution in [0.3, 0.4) is 0 Å². The van der Waals surface area contributed by atoms with Crippen LogP contribution < -0.4 is 10.1 Å².